The number of ether oxygens (including phenoxy) is 3. The van der Waals surface area contributed by atoms with Crippen LogP contribution in [-0.4, -0.2) is 69.1 Å². The molecular weight excluding hydrogens is 466 g/mol. The summed E-state index contributed by atoms with van der Waals surface area (Å²) in [4.78, 5) is 22.1. The summed E-state index contributed by atoms with van der Waals surface area (Å²) in [6.07, 6.45) is 5.92. The molecule has 0 saturated carbocycles. The third-order valence-corrected chi connectivity index (χ3v) is 5.38. The molecule has 3 heterocycles. The zero-order valence-corrected chi connectivity index (χ0v) is 19.1. The first-order valence-electron chi connectivity index (χ1n) is 10.7. The number of carbonyl (C=O) groups is 1. The first kappa shape index (κ1) is 24.1. The fraction of sp³-hybridized carbons (Fsp3) is 0.364. The van der Waals surface area contributed by atoms with E-state index in [0.29, 0.717) is 25.2 Å². The lowest BCUT2D eigenvalue weighted by Crippen LogP contribution is -2.32. The number of amides is 1. The summed E-state index contributed by atoms with van der Waals surface area (Å²) < 4.78 is 45.7. The fourth-order valence-corrected chi connectivity index (χ4v) is 3.52. The van der Waals surface area contributed by atoms with Crippen LogP contribution < -0.4 is 19.5 Å². The van der Waals surface area contributed by atoms with Crippen molar-refractivity contribution < 1.29 is 32.9 Å². The molecule has 1 aliphatic rings. The molecule has 2 N–H and O–H groups in total. The Balaban J connectivity index is 1.34. The summed E-state index contributed by atoms with van der Waals surface area (Å²) in [5.74, 6) is -1.83. The standard InChI is InChI=1S/C22H24F2N6O5/c1-33-17-5-18(34-2)21(24)16(20(17)23)12-35-15-7-25-22(26-8-15)28-13-6-27-30(9-13)11-19(32)29-4-3-14(31)10-29/h5-9,14,31H,3-4,10-12H2,1-2H3,(H,25,26,28)/t14-/m0/s1. The third kappa shape index (κ3) is 5.57. The smallest absolute Gasteiger partial charge is 0.244 e. The zero-order chi connectivity index (χ0) is 24.9. The lowest BCUT2D eigenvalue weighted by molar-refractivity contribution is -0.131. The third-order valence-electron chi connectivity index (χ3n) is 5.38. The quantitative estimate of drug-likeness (QED) is 0.463. The van der Waals surface area contributed by atoms with Gasteiger partial charge in [-0.05, 0) is 6.42 Å². The van der Waals surface area contributed by atoms with E-state index in [1.54, 1.807) is 11.1 Å². The minimum Gasteiger partial charge on any atom is -0.494 e. The van der Waals surface area contributed by atoms with E-state index in [4.69, 9.17) is 14.2 Å². The van der Waals surface area contributed by atoms with Gasteiger partial charge >= 0.3 is 0 Å². The number of nitrogens with one attached hydrogen (secondary N) is 1. The molecule has 3 aromatic rings. The molecule has 11 nitrogen and oxygen atoms in total. The number of rotatable bonds is 9. The molecule has 1 amide bonds. The van der Waals surface area contributed by atoms with Crippen molar-refractivity contribution >= 4 is 17.5 Å². The molecular formula is C22H24F2N6O5. The van der Waals surface area contributed by atoms with E-state index in [-0.39, 0.29) is 41.2 Å². The molecule has 0 spiro atoms. The number of benzene rings is 1. The molecule has 1 aromatic carbocycles. The lowest BCUT2D eigenvalue weighted by atomic mass is 10.1. The number of methoxy groups -OCH3 is 2. The highest BCUT2D eigenvalue weighted by atomic mass is 19.1. The molecule has 2 aromatic heterocycles. The lowest BCUT2D eigenvalue weighted by Gasteiger charge is -2.15. The summed E-state index contributed by atoms with van der Waals surface area (Å²) >= 11 is 0. The van der Waals surface area contributed by atoms with Gasteiger partial charge in [0.25, 0.3) is 0 Å². The van der Waals surface area contributed by atoms with Crippen molar-refractivity contribution in [2.45, 2.75) is 25.7 Å². The van der Waals surface area contributed by atoms with Crippen molar-refractivity contribution in [1.29, 1.82) is 0 Å². The van der Waals surface area contributed by atoms with Crippen LogP contribution in [0.15, 0.2) is 30.9 Å². The van der Waals surface area contributed by atoms with Gasteiger partial charge in [-0.3, -0.25) is 9.48 Å². The van der Waals surface area contributed by atoms with E-state index in [2.05, 4.69) is 20.4 Å². The summed E-state index contributed by atoms with van der Waals surface area (Å²) in [6.45, 7) is 0.470. The van der Waals surface area contributed by atoms with Crippen molar-refractivity contribution in [3.05, 3.63) is 48.1 Å². The Morgan fingerprint density at radius 1 is 1.17 bits per heavy atom. The molecule has 0 aliphatic carbocycles. The van der Waals surface area contributed by atoms with E-state index in [9.17, 15) is 18.7 Å². The zero-order valence-electron chi connectivity index (χ0n) is 19.1. The second-order valence-corrected chi connectivity index (χ2v) is 7.75. The van der Waals surface area contributed by atoms with Gasteiger partial charge in [-0.1, -0.05) is 0 Å². The van der Waals surface area contributed by atoms with Gasteiger partial charge in [0.15, 0.2) is 28.9 Å². The van der Waals surface area contributed by atoms with Gasteiger partial charge in [-0.15, -0.1) is 0 Å². The van der Waals surface area contributed by atoms with E-state index < -0.39 is 24.3 Å². The Hall–Kier alpha value is -4.00. The highest BCUT2D eigenvalue weighted by molar-refractivity contribution is 5.76. The van der Waals surface area contributed by atoms with Crippen LogP contribution in [0.25, 0.3) is 0 Å². The van der Waals surface area contributed by atoms with Crippen LogP contribution >= 0.6 is 0 Å². The van der Waals surface area contributed by atoms with Gasteiger partial charge in [0, 0.05) is 25.4 Å². The monoisotopic (exact) mass is 490 g/mol. The molecule has 0 bridgehead atoms. The Morgan fingerprint density at radius 3 is 2.46 bits per heavy atom. The molecule has 4 rings (SSSR count). The second-order valence-electron chi connectivity index (χ2n) is 7.75. The van der Waals surface area contributed by atoms with Crippen LogP contribution in [0.4, 0.5) is 20.4 Å². The molecule has 1 aliphatic heterocycles. The van der Waals surface area contributed by atoms with Crippen LogP contribution in [0.2, 0.25) is 0 Å². The fourth-order valence-electron chi connectivity index (χ4n) is 3.52. The number of nitrogens with zero attached hydrogens (tertiary/aromatic N) is 5. The van der Waals surface area contributed by atoms with Crippen LogP contribution in [0, 0.1) is 11.6 Å². The van der Waals surface area contributed by atoms with Crippen LogP contribution in [0.5, 0.6) is 17.2 Å². The maximum Gasteiger partial charge on any atom is 0.244 e. The van der Waals surface area contributed by atoms with Gasteiger partial charge in [0.2, 0.25) is 11.9 Å². The number of aromatic nitrogens is 4. The molecule has 186 valence electrons. The van der Waals surface area contributed by atoms with Crippen molar-refractivity contribution in [2.24, 2.45) is 0 Å². The maximum atomic E-state index is 14.5. The van der Waals surface area contributed by atoms with Crippen LogP contribution in [0.1, 0.15) is 12.0 Å². The molecule has 35 heavy (non-hydrogen) atoms. The predicted molar refractivity (Wildman–Crippen MR) is 119 cm³/mol. The van der Waals surface area contributed by atoms with Crippen LogP contribution in [0.3, 0.4) is 0 Å². The minimum absolute atomic E-state index is 0.0458. The SMILES string of the molecule is COc1cc(OC)c(F)c(COc2cnc(Nc3cnn(CC(=O)N4CC[C@H](O)C4)c3)nc2)c1F. The van der Waals surface area contributed by atoms with Gasteiger partial charge in [-0.2, -0.15) is 5.10 Å². The number of hydrogen-bond acceptors (Lipinski definition) is 9. The minimum atomic E-state index is -0.888. The van der Waals surface area contributed by atoms with E-state index in [1.807, 2.05) is 0 Å². The maximum absolute atomic E-state index is 14.5. The highest BCUT2D eigenvalue weighted by Gasteiger charge is 2.24. The predicted octanol–water partition coefficient (Wildman–Crippen LogP) is 1.88. The topological polar surface area (TPSA) is 124 Å². The van der Waals surface area contributed by atoms with Crippen molar-refractivity contribution in [3.8, 4) is 17.2 Å². The van der Waals surface area contributed by atoms with Gasteiger partial charge in [0.05, 0.1) is 50.2 Å². The van der Waals surface area contributed by atoms with Gasteiger partial charge in [0.1, 0.15) is 13.2 Å². The van der Waals surface area contributed by atoms with Crippen LogP contribution in [-0.2, 0) is 17.9 Å². The van der Waals surface area contributed by atoms with E-state index in [1.165, 1.54) is 37.5 Å². The van der Waals surface area contributed by atoms with Gasteiger partial charge in [-0.25, -0.2) is 18.7 Å². The van der Waals surface area contributed by atoms with Gasteiger partial charge < -0.3 is 29.5 Å². The largest absolute Gasteiger partial charge is 0.494 e. The summed E-state index contributed by atoms with van der Waals surface area (Å²) in [5, 5.41) is 16.7. The molecule has 13 heteroatoms. The molecule has 0 unspecified atom stereocenters. The summed E-state index contributed by atoms with van der Waals surface area (Å²) in [7, 11) is 2.53. The number of hydrogen-bond donors (Lipinski definition) is 2. The van der Waals surface area contributed by atoms with E-state index >= 15 is 0 Å². The van der Waals surface area contributed by atoms with Crippen molar-refractivity contribution in [2.75, 3.05) is 32.6 Å². The molecule has 0 radical (unpaired) electrons. The molecule has 1 fully saturated rings. The normalized spacial score (nSPS) is 15.2. The number of aliphatic hydroxyl groups excluding tert-OH is 1. The number of carbonyl (C=O) groups excluding carboxylic acids is 1. The highest BCUT2D eigenvalue weighted by Crippen LogP contribution is 2.32. The second kappa shape index (κ2) is 10.5. The average molecular weight is 490 g/mol. The first-order chi connectivity index (χ1) is 16.9. The molecule has 1 saturated heterocycles. The van der Waals surface area contributed by atoms with Crippen molar-refractivity contribution in [3.63, 3.8) is 0 Å². The van der Waals surface area contributed by atoms with E-state index in [0.717, 1.165) is 6.07 Å². The first-order valence-corrected chi connectivity index (χ1v) is 10.7. The number of halogens is 2. The Morgan fingerprint density at radius 2 is 1.86 bits per heavy atom. The average Bonchev–Trinajstić information content (AvgIpc) is 3.49. The summed E-state index contributed by atoms with van der Waals surface area (Å²) in [5.41, 5.74) is 0.203. The number of anilines is 2. The number of β-amino-alcohol motifs (C(OH)–C–C–N with tert-alkyl or cyclic N) is 1. The molecule has 1 atom stereocenters. The Bertz CT molecular complexity index is 1160. The van der Waals surface area contributed by atoms with Crippen molar-refractivity contribution in [1.82, 2.24) is 24.6 Å². The number of likely N-dealkylation sites (tertiary alicyclic amines) is 1. The summed E-state index contributed by atoms with van der Waals surface area (Å²) in [6, 6.07) is 1.12. The Labute approximate surface area is 199 Å². The number of aliphatic hydroxyl groups is 1. The Kier molecular flexibility index (Phi) is 7.25.